The molecule has 0 saturated carbocycles. The molecule has 2 aromatic rings. The fraction of sp³-hybridized carbons (Fsp3) is 0.435. The van der Waals surface area contributed by atoms with E-state index >= 15 is 0 Å². The van der Waals surface area contributed by atoms with Crippen molar-refractivity contribution in [1.82, 2.24) is 20.4 Å². The molecule has 1 fully saturated rings. The number of methoxy groups -OCH3 is 1. The number of hydrogen-bond donors (Lipinski definition) is 2. The number of piperazine rings is 1. The van der Waals surface area contributed by atoms with Gasteiger partial charge in [0.05, 0.1) is 7.11 Å². The van der Waals surface area contributed by atoms with Gasteiger partial charge in [-0.3, -0.25) is 9.89 Å². The molecule has 0 bridgehead atoms. The predicted molar refractivity (Wildman–Crippen MR) is 119 cm³/mol. The molecule has 156 valence electrons. The molecule has 0 unspecified atom stereocenters. The van der Waals surface area contributed by atoms with Crippen LogP contribution in [0.4, 0.5) is 0 Å². The van der Waals surface area contributed by atoms with E-state index in [9.17, 15) is 0 Å². The number of guanidine groups is 1. The van der Waals surface area contributed by atoms with E-state index in [1.807, 2.05) is 12.1 Å². The lowest BCUT2D eigenvalue weighted by atomic mass is 10.1. The maximum Gasteiger partial charge on any atom is 0.191 e. The van der Waals surface area contributed by atoms with E-state index in [-0.39, 0.29) is 0 Å². The Kier molecular flexibility index (Phi) is 7.90. The average Bonchev–Trinajstić information content (AvgIpc) is 2.77. The van der Waals surface area contributed by atoms with Gasteiger partial charge in [-0.05, 0) is 35.9 Å². The van der Waals surface area contributed by atoms with E-state index in [4.69, 9.17) is 4.74 Å². The normalized spacial score (nSPS) is 15.9. The number of aliphatic imine (C=N–C) groups is 1. The Morgan fingerprint density at radius 3 is 1.90 bits per heavy atom. The lowest BCUT2D eigenvalue weighted by Crippen LogP contribution is -2.43. The van der Waals surface area contributed by atoms with Gasteiger partial charge in [0.2, 0.25) is 0 Å². The zero-order valence-electron chi connectivity index (χ0n) is 17.8. The average molecular weight is 396 g/mol. The summed E-state index contributed by atoms with van der Waals surface area (Å²) in [6.45, 7) is 7.11. The molecule has 0 amide bonds. The zero-order valence-corrected chi connectivity index (χ0v) is 17.8. The lowest BCUT2D eigenvalue weighted by molar-refractivity contribution is 0.148. The van der Waals surface area contributed by atoms with Crippen molar-refractivity contribution in [2.45, 2.75) is 19.6 Å². The third-order valence-electron chi connectivity index (χ3n) is 5.33. The van der Waals surface area contributed by atoms with Gasteiger partial charge in [-0.2, -0.15) is 0 Å². The van der Waals surface area contributed by atoms with Crippen molar-refractivity contribution in [3.05, 3.63) is 65.2 Å². The molecule has 0 radical (unpaired) electrons. The first-order valence-electron chi connectivity index (χ1n) is 10.2. The molecule has 1 aliphatic heterocycles. The maximum atomic E-state index is 5.20. The second-order valence-corrected chi connectivity index (χ2v) is 7.52. The minimum absolute atomic E-state index is 0.716. The predicted octanol–water partition coefficient (Wildman–Crippen LogP) is 2.31. The van der Waals surface area contributed by atoms with Crippen molar-refractivity contribution in [1.29, 1.82) is 0 Å². The first-order valence-corrected chi connectivity index (χ1v) is 10.2. The molecular weight excluding hydrogens is 362 g/mol. The first kappa shape index (κ1) is 21.1. The minimum Gasteiger partial charge on any atom is -0.497 e. The van der Waals surface area contributed by atoms with Gasteiger partial charge >= 0.3 is 0 Å². The topological polar surface area (TPSA) is 52.1 Å². The second kappa shape index (κ2) is 10.8. The largest absolute Gasteiger partial charge is 0.497 e. The van der Waals surface area contributed by atoms with Crippen LogP contribution in [-0.4, -0.2) is 63.1 Å². The molecule has 29 heavy (non-hydrogen) atoms. The molecule has 0 aliphatic carbocycles. The van der Waals surface area contributed by atoms with Gasteiger partial charge in [-0.25, -0.2) is 0 Å². The summed E-state index contributed by atoms with van der Waals surface area (Å²) in [5.41, 5.74) is 3.81. The van der Waals surface area contributed by atoms with Crippen LogP contribution in [0.5, 0.6) is 5.75 Å². The third kappa shape index (κ3) is 6.76. The van der Waals surface area contributed by atoms with E-state index in [1.165, 1.54) is 16.7 Å². The summed E-state index contributed by atoms with van der Waals surface area (Å²) in [5, 5.41) is 6.73. The molecule has 6 heteroatoms. The highest BCUT2D eigenvalue weighted by Gasteiger charge is 2.13. The number of ether oxygens (including phenoxy) is 1. The Labute approximate surface area is 174 Å². The van der Waals surface area contributed by atoms with Gasteiger partial charge in [0, 0.05) is 52.9 Å². The summed E-state index contributed by atoms with van der Waals surface area (Å²) in [6.07, 6.45) is 0. The Morgan fingerprint density at radius 2 is 1.38 bits per heavy atom. The number of nitrogens with one attached hydrogen (secondary N) is 2. The summed E-state index contributed by atoms with van der Waals surface area (Å²) >= 11 is 0. The van der Waals surface area contributed by atoms with E-state index < -0.39 is 0 Å². The lowest BCUT2D eigenvalue weighted by Gasteiger charge is -2.32. The van der Waals surface area contributed by atoms with Crippen LogP contribution in [0, 0.1) is 0 Å². The van der Waals surface area contributed by atoms with Crippen molar-refractivity contribution in [2.75, 3.05) is 47.4 Å². The number of hydrogen-bond acceptors (Lipinski definition) is 4. The van der Waals surface area contributed by atoms with Crippen molar-refractivity contribution in [2.24, 2.45) is 4.99 Å². The van der Waals surface area contributed by atoms with Crippen molar-refractivity contribution in [3.8, 4) is 5.75 Å². The second-order valence-electron chi connectivity index (χ2n) is 7.52. The fourth-order valence-electron chi connectivity index (χ4n) is 3.36. The summed E-state index contributed by atoms with van der Waals surface area (Å²) < 4.78 is 5.20. The third-order valence-corrected chi connectivity index (χ3v) is 5.33. The molecule has 3 rings (SSSR count). The Balaban J connectivity index is 1.43. The molecule has 0 atom stereocenters. The van der Waals surface area contributed by atoms with Crippen LogP contribution >= 0.6 is 0 Å². The highest BCUT2D eigenvalue weighted by molar-refractivity contribution is 5.79. The minimum atomic E-state index is 0.716. The first-order chi connectivity index (χ1) is 14.2. The van der Waals surface area contributed by atoms with Gasteiger partial charge in [0.15, 0.2) is 5.96 Å². The number of benzene rings is 2. The number of likely N-dealkylation sites (N-methyl/N-ethyl adjacent to an activating group) is 1. The highest BCUT2D eigenvalue weighted by Crippen LogP contribution is 2.11. The van der Waals surface area contributed by atoms with Gasteiger partial charge in [0.1, 0.15) is 5.75 Å². The molecule has 0 aromatic heterocycles. The molecule has 1 heterocycles. The maximum absolute atomic E-state index is 5.20. The Hall–Kier alpha value is -2.57. The SMILES string of the molecule is CN=C(NCc1ccc(CN2CCN(C)CC2)cc1)NCc1ccc(OC)cc1. The molecule has 0 spiro atoms. The van der Waals surface area contributed by atoms with Crippen LogP contribution in [0.3, 0.4) is 0 Å². The summed E-state index contributed by atoms with van der Waals surface area (Å²) in [5.74, 6) is 1.66. The van der Waals surface area contributed by atoms with Gasteiger partial charge in [-0.1, -0.05) is 36.4 Å². The van der Waals surface area contributed by atoms with Crippen molar-refractivity contribution in [3.63, 3.8) is 0 Å². The molecule has 2 aromatic carbocycles. The van der Waals surface area contributed by atoms with Gasteiger partial charge in [-0.15, -0.1) is 0 Å². The van der Waals surface area contributed by atoms with Crippen LogP contribution in [0.1, 0.15) is 16.7 Å². The Morgan fingerprint density at radius 1 is 0.862 bits per heavy atom. The van der Waals surface area contributed by atoms with E-state index in [0.29, 0.717) is 6.54 Å². The Bertz CT molecular complexity index is 765. The van der Waals surface area contributed by atoms with Crippen LogP contribution in [-0.2, 0) is 19.6 Å². The van der Waals surface area contributed by atoms with Crippen LogP contribution in [0.25, 0.3) is 0 Å². The van der Waals surface area contributed by atoms with Crippen molar-refractivity contribution >= 4 is 5.96 Å². The van der Waals surface area contributed by atoms with Gasteiger partial charge < -0.3 is 20.3 Å². The summed E-state index contributed by atoms with van der Waals surface area (Å²) in [7, 11) is 5.67. The molecule has 2 N–H and O–H groups in total. The molecule has 1 saturated heterocycles. The van der Waals surface area contributed by atoms with E-state index in [2.05, 4.69) is 68.9 Å². The molecular formula is C23H33N5O. The fourth-order valence-corrected chi connectivity index (χ4v) is 3.36. The van der Waals surface area contributed by atoms with Crippen LogP contribution in [0.2, 0.25) is 0 Å². The van der Waals surface area contributed by atoms with Crippen LogP contribution < -0.4 is 15.4 Å². The van der Waals surface area contributed by atoms with Gasteiger partial charge in [0.25, 0.3) is 0 Å². The highest BCUT2D eigenvalue weighted by atomic mass is 16.5. The molecule has 6 nitrogen and oxygen atoms in total. The number of rotatable bonds is 7. The van der Waals surface area contributed by atoms with Crippen LogP contribution in [0.15, 0.2) is 53.5 Å². The zero-order chi connectivity index (χ0) is 20.5. The van der Waals surface area contributed by atoms with E-state index in [1.54, 1.807) is 14.2 Å². The summed E-state index contributed by atoms with van der Waals surface area (Å²) in [6, 6.07) is 16.9. The molecule has 1 aliphatic rings. The van der Waals surface area contributed by atoms with Crippen molar-refractivity contribution < 1.29 is 4.74 Å². The number of nitrogens with zero attached hydrogens (tertiary/aromatic N) is 3. The monoisotopic (exact) mass is 395 g/mol. The smallest absolute Gasteiger partial charge is 0.191 e. The summed E-state index contributed by atoms with van der Waals surface area (Å²) in [4.78, 5) is 9.23. The standard InChI is InChI=1S/C23H33N5O/c1-24-23(26-17-20-8-10-22(29-3)11-9-20)25-16-19-4-6-21(7-5-19)18-28-14-12-27(2)13-15-28/h4-11H,12-18H2,1-3H3,(H2,24,25,26). The quantitative estimate of drug-likeness (QED) is 0.557. The van der Waals surface area contributed by atoms with E-state index in [0.717, 1.165) is 51.0 Å².